The molecule has 0 unspecified atom stereocenters. The third-order valence-electron chi connectivity index (χ3n) is 5.23. The first-order chi connectivity index (χ1) is 12.4. The van der Waals surface area contributed by atoms with Crippen LogP contribution in [0.25, 0.3) is 0 Å². The van der Waals surface area contributed by atoms with E-state index in [0.717, 1.165) is 18.9 Å². The summed E-state index contributed by atoms with van der Waals surface area (Å²) >= 11 is 0. The fourth-order valence-corrected chi connectivity index (χ4v) is 3.72. The van der Waals surface area contributed by atoms with E-state index in [0.29, 0.717) is 24.4 Å². The Bertz CT molecular complexity index is 852. The summed E-state index contributed by atoms with van der Waals surface area (Å²) in [4.78, 5) is 16.7. The van der Waals surface area contributed by atoms with Gasteiger partial charge in [-0.05, 0) is 31.7 Å². The molecule has 0 radical (unpaired) electrons. The molecule has 0 saturated carbocycles. The highest BCUT2D eigenvalue weighted by Crippen LogP contribution is 2.33. The highest BCUT2D eigenvalue weighted by molar-refractivity contribution is 5.94. The van der Waals surface area contributed by atoms with Crippen LogP contribution in [0.15, 0.2) is 18.2 Å². The zero-order valence-electron chi connectivity index (χ0n) is 14.9. The Hall–Kier alpha value is -2.32. The SMILES string of the molecule is Cc1ccc(C(=O)N2C[C@@H](O)C[C@H]2c2nnc3n2CCN(C)C3)cc1F. The quantitative estimate of drug-likeness (QED) is 0.870. The normalized spacial score (nSPS) is 23.3. The van der Waals surface area contributed by atoms with Crippen molar-refractivity contribution in [2.75, 3.05) is 20.1 Å². The molecule has 0 bridgehead atoms. The molecule has 8 heteroatoms. The molecule has 1 aromatic heterocycles. The van der Waals surface area contributed by atoms with Gasteiger partial charge in [-0.15, -0.1) is 10.2 Å². The van der Waals surface area contributed by atoms with Gasteiger partial charge in [0.1, 0.15) is 11.6 Å². The molecule has 4 rings (SSSR count). The average Bonchev–Trinajstić information content (AvgIpc) is 3.19. The van der Waals surface area contributed by atoms with Crippen molar-refractivity contribution in [2.45, 2.75) is 38.6 Å². The predicted molar refractivity (Wildman–Crippen MR) is 91.9 cm³/mol. The number of likely N-dealkylation sites (tertiary alicyclic amines) is 1. The van der Waals surface area contributed by atoms with Crippen molar-refractivity contribution in [1.82, 2.24) is 24.6 Å². The molecule has 3 heterocycles. The molecule has 2 aromatic rings. The number of aromatic nitrogens is 3. The van der Waals surface area contributed by atoms with Crippen molar-refractivity contribution >= 4 is 5.91 Å². The minimum absolute atomic E-state index is 0.209. The third kappa shape index (κ3) is 2.89. The molecule has 0 aliphatic carbocycles. The standard InChI is InChI=1S/C18H22FN5O2/c1-11-3-4-12(7-14(11)19)18(26)24-9-13(25)8-15(24)17-21-20-16-10-22(2)5-6-23(16)17/h3-4,7,13,15,25H,5-6,8-10H2,1-2H3/t13-,15-/m0/s1. The number of amides is 1. The molecule has 1 aromatic carbocycles. The van der Waals surface area contributed by atoms with Gasteiger partial charge < -0.3 is 14.6 Å². The van der Waals surface area contributed by atoms with E-state index in [-0.39, 0.29) is 24.1 Å². The number of likely N-dealkylation sites (N-methyl/N-ethyl adjacent to an activating group) is 1. The second kappa shape index (κ2) is 6.44. The van der Waals surface area contributed by atoms with Gasteiger partial charge in [-0.3, -0.25) is 9.69 Å². The van der Waals surface area contributed by atoms with Gasteiger partial charge >= 0.3 is 0 Å². The Morgan fingerprint density at radius 3 is 2.88 bits per heavy atom. The molecule has 138 valence electrons. The largest absolute Gasteiger partial charge is 0.391 e. The Morgan fingerprint density at radius 1 is 1.31 bits per heavy atom. The summed E-state index contributed by atoms with van der Waals surface area (Å²) in [5.74, 6) is 0.861. The number of aliphatic hydroxyl groups excluding tert-OH is 1. The molecule has 1 amide bonds. The van der Waals surface area contributed by atoms with Crippen LogP contribution in [0, 0.1) is 12.7 Å². The molecule has 7 nitrogen and oxygen atoms in total. The van der Waals surface area contributed by atoms with Crippen LogP contribution in [0.1, 0.15) is 40.0 Å². The number of nitrogens with zero attached hydrogens (tertiary/aromatic N) is 5. The number of β-amino-alcohol motifs (C(OH)–C–C–N with tert-alkyl or cyclic N) is 1. The van der Waals surface area contributed by atoms with E-state index in [4.69, 9.17) is 0 Å². The number of hydrogen-bond acceptors (Lipinski definition) is 5. The summed E-state index contributed by atoms with van der Waals surface area (Å²) in [7, 11) is 2.03. The molecule has 26 heavy (non-hydrogen) atoms. The van der Waals surface area contributed by atoms with Gasteiger partial charge in [0, 0.05) is 31.6 Å². The van der Waals surface area contributed by atoms with Crippen LogP contribution in [0.4, 0.5) is 4.39 Å². The number of benzene rings is 1. The Kier molecular flexibility index (Phi) is 4.24. The van der Waals surface area contributed by atoms with Crippen LogP contribution in [0.2, 0.25) is 0 Å². The second-order valence-electron chi connectivity index (χ2n) is 7.19. The number of aryl methyl sites for hydroxylation is 1. The van der Waals surface area contributed by atoms with Crippen molar-refractivity contribution < 1.29 is 14.3 Å². The molecule has 2 atom stereocenters. The lowest BCUT2D eigenvalue weighted by Crippen LogP contribution is -2.35. The molecule has 1 N–H and O–H groups in total. The van der Waals surface area contributed by atoms with E-state index in [1.807, 2.05) is 11.6 Å². The van der Waals surface area contributed by atoms with Crippen LogP contribution in [-0.4, -0.2) is 61.8 Å². The summed E-state index contributed by atoms with van der Waals surface area (Å²) in [6.45, 7) is 4.21. The van der Waals surface area contributed by atoms with E-state index in [2.05, 4.69) is 15.1 Å². The van der Waals surface area contributed by atoms with Crippen molar-refractivity contribution in [1.29, 1.82) is 0 Å². The highest BCUT2D eigenvalue weighted by Gasteiger charge is 2.39. The van der Waals surface area contributed by atoms with Crippen LogP contribution in [-0.2, 0) is 13.1 Å². The van der Waals surface area contributed by atoms with E-state index in [1.165, 1.54) is 6.07 Å². The maximum atomic E-state index is 13.9. The number of carbonyl (C=O) groups is 1. The van der Waals surface area contributed by atoms with Gasteiger partial charge in [-0.25, -0.2) is 4.39 Å². The van der Waals surface area contributed by atoms with E-state index >= 15 is 0 Å². The molecule has 0 spiro atoms. The van der Waals surface area contributed by atoms with Crippen LogP contribution in [0.3, 0.4) is 0 Å². The zero-order valence-corrected chi connectivity index (χ0v) is 14.9. The molecule has 1 fully saturated rings. The van der Waals surface area contributed by atoms with Gasteiger partial charge in [0.25, 0.3) is 5.91 Å². The van der Waals surface area contributed by atoms with Crippen molar-refractivity contribution in [3.63, 3.8) is 0 Å². The maximum Gasteiger partial charge on any atom is 0.254 e. The Labute approximate surface area is 151 Å². The molecular weight excluding hydrogens is 337 g/mol. The second-order valence-corrected chi connectivity index (χ2v) is 7.19. The zero-order chi connectivity index (χ0) is 18.4. The predicted octanol–water partition coefficient (Wildman–Crippen LogP) is 1.12. The number of aliphatic hydroxyl groups is 1. The molecule has 2 aliphatic heterocycles. The summed E-state index contributed by atoms with van der Waals surface area (Å²) in [6, 6.07) is 4.12. The average molecular weight is 359 g/mol. The first kappa shape index (κ1) is 17.1. The van der Waals surface area contributed by atoms with Gasteiger partial charge in [0.05, 0.1) is 18.7 Å². The first-order valence-corrected chi connectivity index (χ1v) is 8.79. The highest BCUT2D eigenvalue weighted by atomic mass is 19.1. The fraction of sp³-hybridized carbons (Fsp3) is 0.500. The minimum Gasteiger partial charge on any atom is -0.391 e. The maximum absolute atomic E-state index is 13.9. The van der Waals surface area contributed by atoms with Gasteiger partial charge in [-0.1, -0.05) is 6.07 Å². The van der Waals surface area contributed by atoms with E-state index in [9.17, 15) is 14.3 Å². The van der Waals surface area contributed by atoms with E-state index < -0.39 is 11.9 Å². The van der Waals surface area contributed by atoms with E-state index in [1.54, 1.807) is 24.0 Å². The number of hydrogen-bond donors (Lipinski definition) is 1. The lowest BCUT2D eigenvalue weighted by atomic mass is 10.1. The Morgan fingerprint density at radius 2 is 2.12 bits per heavy atom. The third-order valence-corrected chi connectivity index (χ3v) is 5.23. The summed E-state index contributed by atoms with van der Waals surface area (Å²) in [5.41, 5.74) is 0.778. The van der Waals surface area contributed by atoms with Gasteiger partial charge in [0.2, 0.25) is 0 Å². The van der Waals surface area contributed by atoms with Crippen LogP contribution < -0.4 is 0 Å². The van der Waals surface area contributed by atoms with Crippen molar-refractivity contribution in [3.8, 4) is 0 Å². The number of fused-ring (bicyclic) bond motifs is 1. The number of halogens is 1. The topological polar surface area (TPSA) is 74.5 Å². The molecule has 1 saturated heterocycles. The monoisotopic (exact) mass is 359 g/mol. The number of rotatable bonds is 2. The fourth-order valence-electron chi connectivity index (χ4n) is 3.72. The lowest BCUT2D eigenvalue weighted by molar-refractivity contribution is 0.0706. The van der Waals surface area contributed by atoms with Crippen LogP contribution >= 0.6 is 0 Å². The van der Waals surface area contributed by atoms with Crippen LogP contribution in [0.5, 0.6) is 0 Å². The smallest absolute Gasteiger partial charge is 0.254 e. The summed E-state index contributed by atoms with van der Waals surface area (Å²) in [6.07, 6.45) is -0.216. The Balaban J connectivity index is 1.66. The molecular formula is C18H22FN5O2. The first-order valence-electron chi connectivity index (χ1n) is 8.79. The lowest BCUT2D eigenvalue weighted by Gasteiger charge is -2.28. The van der Waals surface area contributed by atoms with Gasteiger partial charge in [-0.2, -0.15) is 0 Å². The summed E-state index contributed by atoms with van der Waals surface area (Å²) < 4.78 is 15.9. The van der Waals surface area contributed by atoms with Crippen molar-refractivity contribution in [2.24, 2.45) is 0 Å². The van der Waals surface area contributed by atoms with Gasteiger partial charge in [0.15, 0.2) is 5.82 Å². The molecule has 2 aliphatic rings. The number of carbonyl (C=O) groups excluding carboxylic acids is 1. The minimum atomic E-state index is -0.626. The summed E-state index contributed by atoms with van der Waals surface area (Å²) in [5, 5.41) is 18.8. The van der Waals surface area contributed by atoms with Crippen molar-refractivity contribution in [3.05, 3.63) is 46.8 Å².